The molecule has 134 valence electrons. The van der Waals surface area contributed by atoms with Gasteiger partial charge in [-0.3, -0.25) is 4.99 Å². The molecule has 0 aromatic heterocycles. The molecule has 5 nitrogen and oxygen atoms in total. The number of rotatable bonds is 8. The van der Waals surface area contributed by atoms with Crippen molar-refractivity contribution in [3.63, 3.8) is 0 Å². The molecule has 0 atom stereocenters. The van der Waals surface area contributed by atoms with Crippen LogP contribution in [-0.2, 0) is 16.0 Å². The maximum Gasteiger partial charge on any atom is 0.191 e. The van der Waals surface area contributed by atoms with Crippen LogP contribution >= 0.6 is 11.6 Å². The van der Waals surface area contributed by atoms with Crippen LogP contribution in [0.4, 0.5) is 0 Å². The Morgan fingerprint density at radius 3 is 2.92 bits per heavy atom. The van der Waals surface area contributed by atoms with Crippen LogP contribution in [0.5, 0.6) is 0 Å². The van der Waals surface area contributed by atoms with E-state index in [9.17, 15) is 0 Å². The fourth-order valence-electron chi connectivity index (χ4n) is 2.60. The van der Waals surface area contributed by atoms with Crippen molar-refractivity contribution in [1.82, 2.24) is 10.6 Å². The average molecular weight is 354 g/mol. The Morgan fingerprint density at radius 1 is 1.33 bits per heavy atom. The van der Waals surface area contributed by atoms with E-state index in [0.717, 1.165) is 68.8 Å². The minimum absolute atomic E-state index is 0.666. The fraction of sp³-hybridized carbons (Fsp3) is 0.611. The van der Waals surface area contributed by atoms with Gasteiger partial charge in [0.15, 0.2) is 5.96 Å². The van der Waals surface area contributed by atoms with Gasteiger partial charge in [0.2, 0.25) is 0 Å². The fourth-order valence-corrected chi connectivity index (χ4v) is 2.81. The zero-order valence-electron chi connectivity index (χ0n) is 14.4. The third-order valence-electron chi connectivity index (χ3n) is 4.02. The van der Waals surface area contributed by atoms with Crippen molar-refractivity contribution >= 4 is 17.6 Å². The van der Waals surface area contributed by atoms with E-state index < -0.39 is 0 Å². The smallest absolute Gasteiger partial charge is 0.191 e. The number of nitrogens with zero attached hydrogens (tertiary/aromatic N) is 1. The second kappa shape index (κ2) is 11.3. The number of aliphatic imine (C=N–C) groups is 1. The molecule has 0 saturated carbocycles. The highest BCUT2D eigenvalue weighted by Crippen LogP contribution is 2.14. The molecule has 1 fully saturated rings. The lowest BCUT2D eigenvalue weighted by Crippen LogP contribution is -2.37. The molecule has 1 heterocycles. The largest absolute Gasteiger partial charge is 0.381 e. The molecule has 2 N–H and O–H groups in total. The average Bonchev–Trinajstić information content (AvgIpc) is 2.61. The van der Waals surface area contributed by atoms with E-state index in [-0.39, 0.29) is 0 Å². The van der Waals surface area contributed by atoms with Crippen LogP contribution in [0.3, 0.4) is 0 Å². The summed E-state index contributed by atoms with van der Waals surface area (Å²) in [6.07, 6.45) is 3.21. The van der Waals surface area contributed by atoms with Gasteiger partial charge < -0.3 is 20.1 Å². The lowest BCUT2D eigenvalue weighted by Gasteiger charge is -2.21. The molecule has 0 aliphatic carbocycles. The van der Waals surface area contributed by atoms with E-state index in [1.54, 1.807) is 7.05 Å². The van der Waals surface area contributed by atoms with Crippen LogP contribution in [0.2, 0.25) is 5.02 Å². The third-order valence-corrected chi connectivity index (χ3v) is 4.26. The number of guanidine groups is 1. The van der Waals surface area contributed by atoms with E-state index >= 15 is 0 Å². The van der Waals surface area contributed by atoms with Gasteiger partial charge in [-0.05, 0) is 42.9 Å². The molecule has 1 aromatic carbocycles. The summed E-state index contributed by atoms with van der Waals surface area (Å²) >= 11 is 5.99. The van der Waals surface area contributed by atoms with Gasteiger partial charge in [0, 0.05) is 51.6 Å². The molecule has 1 aliphatic heterocycles. The second-order valence-corrected chi connectivity index (χ2v) is 6.40. The van der Waals surface area contributed by atoms with E-state index in [2.05, 4.69) is 15.6 Å². The Kier molecular flexibility index (Phi) is 8.95. The van der Waals surface area contributed by atoms with Gasteiger partial charge in [0.05, 0.1) is 0 Å². The van der Waals surface area contributed by atoms with Crippen LogP contribution in [0.25, 0.3) is 0 Å². The van der Waals surface area contributed by atoms with Crippen molar-refractivity contribution in [2.75, 3.05) is 40.0 Å². The van der Waals surface area contributed by atoms with Crippen molar-refractivity contribution < 1.29 is 9.47 Å². The Balaban J connectivity index is 1.53. The topological polar surface area (TPSA) is 54.9 Å². The summed E-state index contributed by atoms with van der Waals surface area (Å²) < 4.78 is 11.1. The lowest BCUT2D eigenvalue weighted by atomic mass is 10.0. The highest BCUT2D eigenvalue weighted by molar-refractivity contribution is 6.30. The quantitative estimate of drug-likeness (QED) is 0.428. The van der Waals surface area contributed by atoms with Gasteiger partial charge in [-0.25, -0.2) is 0 Å². The lowest BCUT2D eigenvalue weighted by molar-refractivity contribution is 0.0203. The molecule has 0 bridgehead atoms. The number of hydrogen-bond acceptors (Lipinski definition) is 3. The summed E-state index contributed by atoms with van der Waals surface area (Å²) in [7, 11) is 1.77. The SMILES string of the molecule is CN=C(NCCCOCC1CCOCC1)NCc1cccc(Cl)c1. The zero-order valence-corrected chi connectivity index (χ0v) is 15.1. The molecule has 0 unspecified atom stereocenters. The van der Waals surface area contributed by atoms with Crippen molar-refractivity contribution in [1.29, 1.82) is 0 Å². The van der Waals surface area contributed by atoms with Crippen LogP contribution in [0, 0.1) is 5.92 Å². The minimum Gasteiger partial charge on any atom is -0.381 e. The Morgan fingerprint density at radius 2 is 2.17 bits per heavy atom. The van der Waals surface area contributed by atoms with Gasteiger partial charge in [-0.15, -0.1) is 0 Å². The Labute approximate surface area is 149 Å². The molecule has 0 spiro atoms. The normalized spacial score (nSPS) is 16.2. The molecule has 1 aliphatic rings. The zero-order chi connectivity index (χ0) is 17.0. The summed E-state index contributed by atoms with van der Waals surface area (Å²) in [6, 6.07) is 7.81. The van der Waals surface area contributed by atoms with Crippen LogP contribution in [0.1, 0.15) is 24.8 Å². The van der Waals surface area contributed by atoms with Crippen molar-refractivity contribution in [2.45, 2.75) is 25.8 Å². The monoisotopic (exact) mass is 353 g/mol. The standard InChI is InChI=1S/C18H28ClN3O2/c1-20-18(22-13-16-4-2-5-17(19)12-16)21-8-3-9-24-14-15-6-10-23-11-7-15/h2,4-5,12,15H,3,6-11,13-14H2,1H3,(H2,20,21,22). The molecular weight excluding hydrogens is 326 g/mol. The first-order chi connectivity index (χ1) is 11.8. The van der Waals surface area contributed by atoms with Gasteiger partial charge >= 0.3 is 0 Å². The van der Waals surface area contributed by atoms with Crippen LogP contribution in [-0.4, -0.2) is 46.0 Å². The van der Waals surface area contributed by atoms with Gasteiger partial charge in [-0.1, -0.05) is 23.7 Å². The predicted molar refractivity (Wildman–Crippen MR) is 98.6 cm³/mol. The summed E-state index contributed by atoms with van der Waals surface area (Å²) in [5.74, 6) is 1.46. The maximum absolute atomic E-state index is 5.99. The predicted octanol–water partition coefficient (Wildman–Crippen LogP) is 2.84. The van der Waals surface area contributed by atoms with E-state index in [0.29, 0.717) is 12.5 Å². The van der Waals surface area contributed by atoms with E-state index in [4.69, 9.17) is 21.1 Å². The summed E-state index contributed by atoms with van der Waals surface area (Å²) in [5.41, 5.74) is 1.13. The molecule has 1 saturated heterocycles. The number of hydrogen-bond donors (Lipinski definition) is 2. The van der Waals surface area contributed by atoms with Gasteiger partial charge in [0.25, 0.3) is 0 Å². The maximum atomic E-state index is 5.99. The summed E-state index contributed by atoms with van der Waals surface area (Å²) in [4.78, 5) is 4.22. The van der Waals surface area contributed by atoms with Crippen molar-refractivity contribution in [3.8, 4) is 0 Å². The molecule has 0 amide bonds. The molecule has 0 radical (unpaired) electrons. The van der Waals surface area contributed by atoms with E-state index in [1.165, 1.54) is 0 Å². The second-order valence-electron chi connectivity index (χ2n) is 5.97. The molecule has 24 heavy (non-hydrogen) atoms. The Hall–Kier alpha value is -1.30. The Bertz CT molecular complexity index is 505. The molecule has 6 heteroatoms. The van der Waals surface area contributed by atoms with Crippen LogP contribution in [0.15, 0.2) is 29.3 Å². The number of benzene rings is 1. The number of halogens is 1. The van der Waals surface area contributed by atoms with Gasteiger partial charge in [0.1, 0.15) is 0 Å². The molecular formula is C18H28ClN3O2. The van der Waals surface area contributed by atoms with Crippen molar-refractivity contribution in [2.24, 2.45) is 10.9 Å². The summed E-state index contributed by atoms with van der Waals surface area (Å²) in [5, 5.41) is 7.33. The molecule has 2 rings (SSSR count). The summed E-state index contributed by atoms with van der Waals surface area (Å²) in [6.45, 7) is 4.92. The highest BCUT2D eigenvalue weighted by atomic mass is 35.5. The first kappa shape index (κ1) is 19.0. The van der Waals surface area contributed by atoms with Crippen molar-refractivity contribution in [3.05, 3.63) is 34.9 Å². The molecule has 1 aromatic rings. The number of nitrogens with one attached hydrogen (secondary N) is 2. The third kappa shape index (κ3) is 7.51. The minimum atomic E-state index is 0.666. The highest BCUT2D eigenvalue weighted by Gasteiger charge is 2.13. The first-order valence-corrected chi connectivity index (χ1v) is 9.00. The van der Waals surface area contributed by atoms with Crippen LogP contribution < -0.4 is 10.6 Å². The van der Waals surface area contributed by atoms with Gasteiger partial charge in [-0.2, -0.15) is 0 Å². The first-order valence-electron chi connectivity index (χ1n) is 8.62. The van der Waals surface area contributed by atoms with E-state index in [1.807, 2.05) is 24.3 Å². The number of ether oxygens (including phenoxy) is 2.